The van der Waals surface area contributed by atoms with Gasteiger partial charge < -0.3 is 4.48 Å². The standard InChI is InChI=1S/C18H24NS.C7H8O3S/c1-4-19(2,3)14-17-12-8-9-13-18(17)20-15-16-10-6-5-7-11-16;1-6-2-4-7(5-3-6)11(8,9)10/h5-13H,4,14-15H2,1-3H3;2-5H,1H3,(H,8,9,10)/q+1;. The van der Waals surface area contributed by atoms with Gasteiger partial charge in [0.15, 0.2) is 0 Å². The summed E-state index contributed by atoms with van der Waals surface area (Å²) >= 11 is 1.94. The summed E-state index contributed by atoms with van der Waals surface area (Å²) < 4.78 is 30.6. The van der Waals surface area contributed by atoms with Gasteiger partial charge in [-0.2, -0.15) is 8.42 Å². The molecule has 0 bridgehead atoms. The first-order chi connectivity index (χ1) is 14.6. The first-order valence-electron chi connectivity index (χ1n) is 10.2. The number of thioether (sulfide) groups is 1. The largest absolute Gasteiger partial charge is 0.325 e. The molecule has 0 fully saturated rings. The van der Waals surface area contributed by atoms with E-state index >= 15 is 0 Å². The van der Waals surface area contributed by atoms with Crippen LogP contribution in [0.1, 0.15) is 23.6 Å². The molecule has 0 spiro atoms. The van der Waals surface area contributed by atoms with Crippen molar-refractivity contribution in [3.05, 3.63) is 95.6 Å². The zero-order valence-corrected chi connectivity index (χ0v) is 20.3. The van der Waals surface area contributed by atoms with Gasteiger partial charge in [0.1, 0.15) is 6.54 Å². The van der Waals surface area contributed by atoms with Crippen LogP contribution >= 0.6 is 11.8 Å². The van der Waals surface area contributed by atoms with E-state index in [0.29, 0.717) is 0 Å². The van der Waals surface area contributed by atoms with Crippen LogP contribution in [0.2, 0.25) is 0 Å². The van der Waals surface area contributed by atoms with Gasteiger partial charge in [-0.15, -0.1) is 11.8 Å². The number of nitrogens with zero attached hydrogens (tertiary/aromatic N) is 1. The lowest BCUT2D eigenvalue weighted by atomic mass is 10.2. The molecule has 166 valence electrons. The molecule has 0 saturated carbocycles. The summed E-state index contributed by atoms with van der Waals surface area (Å²) in [6.45, 7) is 6.33. The van der Waals surface area contributed by atoms with E-state index in [4.69, 9.17) is 4.55 Å². The SMILES string of the molecule is CC[N+](C)(C)Cc1ccccc1SCc1ccccc1.Cc1ccc(S(=O)(=O)O)cc1. The van der Waals surface area contributed by atoms with Gasteiger partial charge in [-0.25, -0.2) is 0 Å². The van der Waals surface area contributed by atoms with Crippen molar-refractivity contribution >= 4 is 21.9 Å². The highest BCUT2D eigenvalue weighted by Gasteiger charge is 2.15. The normalized spacial score (nSPS) is 11.5. The van der Waals surface area contributed by atoms with Gasteiger partial charge in [0.25, 0.3) is 10.1 Å². The Morgan fingerprint density at radius 3 is 2.03 bits per heavy atom. The predicted octanol–water partition coefficient (Wildman–Crippen LogP) is 5.82. The van der Waals surface area contributed by atoms with E-state index in [1.54, 1.807) is 12.1 Å². The fraction of sp³-hybridized carbons (Fsp3) is 0.280. The van der Waals surface area contributed by atoms with Crippen molar-refractivity contribution in [3.63, 3.8) is 0 Å². The Kier molecular flexibility index (Phi) is 9.32. The first-order valence-corrected chi connectivity index (χ1v) is 12.6. The van der Waals surface area contributed by atoms with Crippen molar-refractivity contribution in [2.75, 3.05) is 20.6 Å². The van der Waals surface area contributed by atoms with Crippen molar-refractivity contribution < 1.29 is 17.5 Å². The maximum atomic E-state index is 10.5. The summed E-state index contributed by atoms with van der Waals surface area (Å²) in [5.41, 5.74) is 3.80. The highest BCUT2D eigenvalue weighted by atomic mass is 32.2. The second-order valence-corrected chi connectivity index (χ2v) is 10.5. The van der Waals surface area contributed by atoms with Gasteiger partial charge in [0.05, 0.1) is 25.5 Å². The van der Waals surface area contributed by atoms with Gasteiger partial charge in [0, 0.05) is 16.2 Å². The van der Waals surface area contributed by atoms with Gasteiger partial charge in [0.2, 0.25) is 0 Å². The summed E-state index contributed by atoms with van der Waals surface area (Å²) in [5, 5.41) is 0. The molecular weight excluding hydrogens is 426 g/mol. The fourth-order valence-corrected chi connectivity index (χ4v) is 4.28. The van der Waals surface area contributed by atoms with Crippen molar-refractivity contribution in [2.24, 2.45) is 0 Å². The Bertz CT molecular complexity index is 1050. The molecule has 3 rings (SSSR count). The number of hydrogen-bond acceptors (Lipinski definition) is 3. The van der Waals surface area contributed by atoms with Crippen LogP contribution in [0.5, 0.6) is 0 Å². The summed E-state index contributed by atoms with van der Waals surface area (Å²) in [4.78, 5) is 1.35. The maximum absolute atomic E-state index is 10.5. The predicted molar refractivity (Wildman–Crippen MR) is 130 cm³/mol. The molecule has 3 aromatic rings. The van der Waals surface area contributed by atoms with Crippen LogP contribution in [0, 0.1) is 6.92 Å². The van der Waals surface area contributed by atoms with Gasteiger partial charge in [-0.1, -0.05) is 66.2 Å². The number of quaternary nitrogens is 1. The molecule has 1 N–H and O–H groups in total. The molecule has 0 saturated heterocycles. The molecular formula is C25H32NO3S2+. The third-order valence-corrected chi connectivity index (χ3v) is 7.04. The molecule has 0 aliphatic rings. The molecule has 0 aliphatic heterocycles. The van der Waals surface area contributed by atoms with Crippen LogP contribution in [0.3, 0.4) is 0 Å². The number of rotatable bonds is 7. The molecule has 0 aromatic heterocycles. The Morgan fingerprint density at radius 1 is 0.871 bits per heavy atom. The minimum atomic E-state index is -4.02. The summed E-state index contributed by atoms with van der Waals surface area (Å²) in [7, 11) is 0.561. The molecule has 0 aliphatic carbocycles. The summed E-state index contributed by atoms with van der Waals surface area (Å²) in [6, 6.07) is 25.5. The van der Waals surface area contributed by atoms with Crippen molar-refractivity contribution in [1.82, 2.24) is 0 Å². The number of aryl methyl sites for hydroxylation is 1. The Morgan fingerprint density at radius 2 is 1.45 bits per heavy atom. The van der Waals surface area contributed by atoms with Crippen LogP contribution in [-0.4, -0.2) is 38.1 Å². The van der Waals surface area contributed by atoms with Crippen LogP contribution in [0.15, 0.2) is 88.7 Å². The van der Waals surface area contributed by atoms with Crippen molar-refractivity contribution in [2.45, 2.75) is 35.9 Å². The van der Waals surface area contributed by atoms with Crippen LogP contribution in [-0.2, 0) is 22.4 Å². The molecule has 0 unspecified atom stereocenters. The summed E-state index contributed by atoms with van der Waals surface area (Å²) in [6.07, 6.45) is 0. The van der Waals surface area contributed by atoms with E-state index in [1.165, 1.54) is 28.2 Å². The van der Waals surface area contributed by atoms with Crippen molar-refractivity contribution in [3.8, 4) is 0 Å². The minimum Gasteiger partial charge on any atom is -0.325 e. The molecule has 0 amide bonds. The lowest BCUT2D eigenvalue weighted by Gasteiger charge is -2.29. The molecule has 0 radical (unpaired) electrons. The first kappa shape index (κ1) is 25.1. The lowest BCUT2D eigenvalue weighted by molar-refractivity contribution is -0.902. The maximum Gasteiger partial charge on any atom is 0.294 e. The average Bonchev–Trinajstić information content (AvgIpc) is 2.74. The lowest BCUT2D eigenvalue weighted by Crippen LogP contribution is -2.38. The fourth-order valence-electron chi connectivity index (χ4n) is 2.79. The quantitative estimate of drug-likeness (QED) is 0.275. The Labute approximate surface area is 191 Å². The zero-order chi connectivity index (χ0) is 22.9. The van der Waals surface area contributed by atoms with Crippen LogP contribution in [0.4, 0.5) is 0 Å². The van der Waals surface area contributed by atoms with E-state index in [0.717, 1.165) is 28.9 Å². The van der Waals surface area contributed by atoms with Gasteiger partial charge in [-0.05, 0) is 37.6 Å². The number of benzene rings is 3. The summed E-state index contributed by atoms with van der Waals surface area (Å²) in [5.74, 6) is 1.04. The molecule has 4 nitrogen and oxygen atoms in total. The molecule has 31 heavy (non-hydrogen) atoms. The molecule has 0 atom stereocenters. The topological polar surface area (TPSA) is 54.4 Å². The Hall–Kier alpha value is -2.12. The highest BCUT2D eigenvalue weighted by molar-refractivity contribution is 7.98. The molecule has 0 heterocycles. The van der Waals surface area contributed by atoms with E-state index in [2.05, 4.69) is 75.6 Å². The van der Waals surface area contributed by atoms with E-state index in [9.17, 15) is 8.42 Å². The van der Waals surface area contributed by atoms with Crippen LogP contribution in [0.25, 0.3) is 0 Å². The zero-order valence-electron chi connectivity index (χ0n) is 18.7. The monoisotopic (exact) mass is 458 g/mol. The highest BCUT2D eigenvalue weighted by Crippen LogP contribution is 2.27. The average molecular weight is 459 g/mol. The van der Waals surface area contributed by atoms with Gasteiger partial charge >= 0.3 is 0 Å². The minimum absolute atomic E-state index is 0.0666. The van der Waals surface area contributed by atoms with E-state index < -0.39 is 10.1 Å². The smallest absolute Gasteiger partial charge is 0.294 e. The van der Waals surface area contributed by atoms with Gasteiger partial charge in [-0.3, -0.25) is 4.55 Å². The van der Waals surface area contributed by atoms with E-state index in [-0.39, 0.29) is 4.90 Å². The molecule has 3 aromatic carbocycles. The van der Waals surface area contributed by atoms with Crippen LogP contribution < -0.4 is 0 Å². The van der Waals surface area contributed by atoms with Crippen molar-refractivity contribution in [1.29, 1.82) is 0 Å². The third-order valence-electron chi connectivity index (χ3n) is 4.98. The molecule has 6 heteroatoms. The second kappa shape index (κ2) is 11.5. The second-order valence-electron chi connectivity index (χ2n) is 8.08. The number of hydrogen-bond donors (Lipinski definition) is 1. The Balaban J connectivity index is 0.000000262. The third kappa shape index (κ3) is 8.87. The van der Waals surface area contributed by atoms with E-state index in [1.807, 2.05) is 18.7 Å².